The van der Waals surface area contributed by atoms with Gasteiger partial charge in [0.05, 0.1) is 6.61 Å². The summed E-state index contributed by atoms with van der Waals surface area (Å²) in [5, 5.41) is 0. The van der Waals surface area contributed by atoms with E-state index in [4.69, 9.17) is 5.73 Å². The number of ether oxygens (including phenoxy) is 1. The lowest BCUT2D eigenvalue weighted by molar-refractivity contribution is -0.137. The summed E-state index contributed by atoms with van der Waals surface area (Å²) in [5.74, 6) is -0.677. The second-order valence-electron chi connectivity index (χ2n) is 2.74. The Morgan fingerprint density at radius 1 is 1.53 bits per heavy atom. The van der Waals surface area contributed by atoms with Gasteiger partial charge in [0, 0.05) is 10.0 Å². The maximum atomic E-state index is 11.8. The minimum Gasteiger partial charge on any atom is -0.366 e. The van der Waals surface area contributed by atoms with E-state index in [1.807, 2.05) is 0 Å². The predicted octanol–water partition coefficient (Wildman–Crippen LogP) is 2.29. The van der Waals surface area contributed by atoms with Crippen LogP contribution in [0.25, 0.3) is 0 Å². The molecule has 0 aliphatic rings. The molecule has 0 unspecified atom stereocenters. The molecule has 0 atom stereocenters. The molecule has 0 radical (unpaired) electrons. The van der Waals surface area contributed by atoms with E-state index >= 15 is 0 Å². The molecule has 0 fully saturated rings. The number of hydrogen-bond donors (Lipinski definition) is 1. The van der Waals surface area contributed by atoms with Crippen LogP contribution in [0.2, 0.25) is 0 Å². The lowest BCUT2D eigenvalue weighted by atomic mass is 10.1. The van der Waals surface area contributed by atoms with Crippen molar-refractivity contribution in [2.24, 2.45) is 5.73 Å². The van der Waals surface area contributed by atoms with Gasteiger partial charge in [-0.15, -0.1) is 0 Å². The molecule has 0 heterocycles. The third-order valence-corrected chi connectivity index (χ3v) is 2.20. The number of amides is 1. The zero-order valence-electron chi connectivity index (χ0n) is 7.54. The summed E-state index contributed by atoms with van der Waals surface area (Å²) in [5.41, 5.74) is 5.60. The van der Waals surface area contributed by atoms with Gasteiger partial charge in [0.1, 0.15) is 0 Å². The molecule has 2 N–H and O–H groups in total. The summed E-state index contributed by atoms with van der Waals surface area (Å²) in [6.45, 7) is -3.21. The Hall–Kier alpha value is -1.01. The van der Waals surface area contributed by atoms with Crippen molar-refractivity contribution in [3.8, 4) is 0 Å². The quantitative estimate of drug-likeness (QED) is 0.919. The van der Waals surface area contributed by atoms with Crippen molar-refractivity contribution in [1.29, 1.82) is 0 Å². The van der Waals surface area contributed by atoms with Gasteiger partial charge in [-0.3, -0.25) is 4.79 Å². The van der Waals surface area contributed by atoms with Gasteiger partial charge in [-0.05, 0) is 17.7 Å². The van der Waals surface area contributed by atoms with Crippen molar-refractivity contribution >= 4 is 21.8 Å². The average molecular weight is 280 g/mol. The van der Waals surface area contributed by atoms with Crippen molar-refractivity contribution < 1.29 is 18.3 Å². The van der Waals surface area contributed by atoms with Gasteiger partial charge in [-0.2, -0.15) is 8.78 Å². The maximum absolute atomic E-state index is 11.8. The lowest BCUT2D eigenvalue weighted by Gasteiger charge is -2.07. The molecule has 0 aliphatic heterocycles. The lowest BCUT2D eigenvalue weighted by Crippen LogP contribution is -2.14. The molecule has 82 valence electrons. The molecule has 1 aromatic carbocycles. The Morgan fingerprint density at radius 2 is 2.20 bits per heavy atom. The van der Waals surface area contributed by atoms with Crippen LogP contribution in [0.5, 0.6) is 0 Å². The maximum Gasteiger partial charge on any atom is 0.345 e. The number of primary amides is 1. The van der Waals surface area contributed by atoms with Crippen LogP contribution in [0, 0.1) is 0 Å². The molecule has 1 amide bonds. The number of halogens is 3. The molecule has 6 heteroatoms. The minimum atomic E-state index is -2.87. The Morgan fingerprint density at radius 3 is 2.73 bits per heavy atom. The summed E-state index contributed by atoms with van der Waals surface area (Å²) in [4.78, 5) is 11.0. The van der Waals surface area contributed by atoms with Gasteiger partial charge in [-0.1, -0.05) is 22.0 Å². The van der Waals surface area contributed by atoms with Crippen molar-refractivity contribution in [2.75, 3.05) is 0 Å². The van der Waals surface area contributed by atoms with Crippen molar-refractivity contribution in [3.63, 3.8) is 0 Å². The van der Waals surface area contributed by atoms with Gasteiger partial charge in [0.2, 0.25) is 5.91 Å². The Balaban J connectivity index is 2.91. The SMILES string of the molecule is NC(=O)c1cc(Br)ccc1COC(F)F. The van der Waals surface area contributed by atoms with Crippen LogP contribution < -0.4 is 5.73 Å². The topological polar surface area (TPSA) is 52.3 Å². The summed E-state index contributed by atoms with van der Waals surface area (Å²) in [6, 6.07) is 4.59. The number of carbonyl (C=O) groups excluding carboxylic acids is 1. The molecular weight excluding hydrogens is 272 g/mol. The van der Waals surface area contributed by atoms with Crippen LogP contribution >= 0.6 is 15.9 Å². The van der Waals surface area contributed by atoms with Gasteiger partial charge < -0.3 is 10.5 Å². The van der Waals surface area contributed by atoms with E-state index in [0.717, 1.165) is 0 Å². The third-order valence-electron chi connectivity index (χ3n) is 1.70. The highest BCUT2D eigenvalue weighted by atomic mass is 79.9. The fourth-order valence-electron chi connectivity index (χ4n) is 1.06. The Bertz CT molecular complexity index is 371. The van der Waals surface area contributed by atoms with Crippen LogP contribution in [-0.4, -0.2) is 12.5 Å². The first kappa shape index (κ1) is 12.1. The van der Waals surface area contributed by atoms with Gasteiger partial charge in [0.15, 0.2) is 0 Å². The number of hydrogen-bond acceptors (Lipinski definition) is 2. The molecule has 1 aromatic rings. The van der Waals surface area contributed by atoms with E-state index in [-0.39, 0.29) is 12.2 Å². The van der Waals surface area contributed by atoms with E-state index < -0.39 is 12.5 Å². The Labute approximate surface area is 93.3 Å². The molecule has 0 aliphatic carbocycles. The fourth-order valence-corrected chi connectivity index (χ4v) is 1.42. The average Bonchev–Trinajstić information content (AvgIpc) is 2.15. The normalized spacial score (nSPS) is 10.7. The van der Waals surface area contributed by atoms with Gasteiger partial charge >= 0.3 is 6.61 Å². The van der Waals surface area contributed by atoms with E-state index in [0.29, 0.717) is 10.0 Å². The standard InChI is InChI=1S/C9H8BrF2NO2/c10-6-2-1-5(4-15-9(11)12)7(3-6)8(13)14/h1-3,9H,4H2,(H2,13,14). The van der Waals surface area contributed by atoms with E-state index in [1.54, 1.807) is 6.07 Å². The molecule has 15 heavy (non-hydrogen) atoms. The number of alkyl halides is 2. The van der Waals surface area contributed by atoms with Gasteiger partial charge in [-0.25, -0.2) is 0 Å². The fraction of sp³-hybridized carbons (Fsp3) is 0.222. The highest BCUT2D eigenvalue weighted by Crippen LogP contribution is 2.17. The highest BCUT2D eigenvalue weighted by Gasteiger charge is 2.11. The summed E-state index contributed by atoms with van der Waals surface area (Å²) in [6.07, 6.45) is 0. The summed E-state index contributed by atoms with van der Waals surface area (Å²) < 4.78 is 28.3. The second-order valence-corrected chi connectivity index (χ2v) is 3.65. The highest BCUT2D eigenvalue weighted by molar-refractivity contribution is 9.10. The molecule has 0 saturated carbocycles. The van der Waals surface area contributed by atoms with Crippen LogP contribution in [0.1, 0.15) is 15.9 Å². The molecule has 3 nitrogen and oxygen atoms in total. The first-order valence-corrected chi connectivity index (χ1v) is 4.78. The van der Waals surface area contributed by atoms with E-state index in [1.165, 1.54) is 12.1 Å². The third kappa shape index (κ3) is 3.56. The molecule has 0 bridgehead atoms. The van der Waals surface area contributed by atoms with Crippen molar-refractivity contribution in [1.82, 2.24) is 0 Å². The van der Waals surface area contributed by atoms with Crippen LogP contribution in [0.4, 0.5) is 8.78 Å². The number of benzene rings is 1. The van der Waals surface area contributed by atoms with Crippen LogP contribution in [0.15, 0.2) is 22.7 Å². The molecule has 0 aromatic heterocycles. The van der Waals surface area contributed by atoms with Crippen LogP contribution in [0.3, 0.4) is 0 Å². The molecule has 0 spiro atoms. The number of rotatable bonds is 4. The largest absolute Gasteiger partial charge is 0.366 e. The number of nitrogens with two attached hydrogens (primary N) is 1. The smallest absolute Gasteiger partial charge is 0.345 e. The molecule has 0 saturated heterocycles. The first-order chi connectivity index (χ1) is 7.00. The van der Waals surface area contributed by atoms with Crippen molar-refractivity contribution in [2.45, 2.75) is 13.2 Å². The number of carbonyl (C=O) groups is 1. The Kier molecular flexibility index (Phi) is 4.16. The molecule has 1 rings (SSSR count). The second kappa shape index (κ2) is 5.18. The zero-order valence-corrected chi connectivity index (χ0v) is 9.13. The predicted molar refractivity (Wildman–Crippen MR) is 53.5 cm³/mol. The summed E-state index contributed by atoms with van der Waals surface area (Å²) in [7, 11) is 0. The first-order valence-electron chi connectivity index (χ1n) is 3.98. The minimum absolute atomic E-state index is 0.171. The van der Waals surface area contributed by atoms with Crippen LogP contribution in [-0.2, 0) is 11.3 Å². The monoisotopic (exact) mass is 279 g/mol. The van der Waals surface area contributed by atoms with E-state index in [9.17, 15) is 13.6 Å². The molecular formula is C9H8BrF2NO2. The summed E-state index contributed by atoms with van der Waals surface area (Å²) >= 11 is 3.15. The zero-order chi connectivity index (χ0) is 11.4. The van der Waals surface area contributed by atoms with E-state index in [2.05, 4.69) is 20.7 Å². The van der Waals surface area contributed by atoms with Crippen molar-refractivity contribution in [3.05, 3.63) is 33.8 Å². The van der Waals surface area contributed by atoms with Gasteiger partial charge in [0.25, 0.3) is 0 Å².